The van der Waals surface area contributed by atoms with Crippen molar-refractivity contribution in [3.8, 4) is 5.75 Å². The molecule has 0 aromatic heterocycles. The number of rotatable bonds is 6. The second-order valence-electron chi connectivity index (χ2n) is 4.87. The maximum Gasteiger partial charge on any atom is 0.322 e. The predicted molar refractivity (Wildman–Crippen MR) is 75.2 cm³/mol. The standard InChI is InChI=1S/C15H23NO3/c1-10(2)19-14-8-6-7-13(9-14)11(3)16-12(4)15(17)18-5/h6-12,16H,1-5H3. The van der Waals surface area contributed by atoms with Gasteiger partial charge in [-0.1, -0.05) is 12.1 Å². The Morgan fingerprint density at radius 1 is 1.21 bits per heavy atom. The SMILES string of the molecule is COC(=O)C(C)NC(C)c1cccc(OC(C)C)c1. The number of carbonyl (C=O) groups excluding carboxylic acids is 1. The summed E-state index contributed by atoms with van der Waals surface area (Å²) in [6.45, 7) is 7.78. The van der Waals surface area contributed by atoms with Crippen LogP contribution in [0.3, 0.4) is 0 Å². The van der Waals surface area contributed by atoms with E-state index in [4.69, 9.17) is 9.47 Å². The minimum atomic E-state index is -0.338. The first-order chi connectivity index (χ1) is 8.93. The Morgan fingerprint density at radius 3 is 2.47 bits per heavy atom. The zero-order valence-electron chi connectivity index (χ0n) is 12.3. The summed E-state index contributed by atoms with van der Waals surface area (Å²) in [5.74, 6) is 0.577. The fourth-order valence-electron chi connectivity index (χ4n) is 1.85. The predicted octanol–water partition coefficient (Wildman–Crippen LogP) is 2.69. The van der Waals surface area contributed by atoms with Gasteiger partial charge >= 0.3 is 5.97 Å². The van der Waals surface area contributed by atoms with Crippen LogP contribution in [0.25, 0.3) is 0 Å². The molecule has 0 heterocycles. The molecule has 0 spiro atoms. The molecule has 19 heavy (non-hydrogen) atoms. The van der Waals surface area contributed by atoms with E-state index in [-0.39, 0.29) is 24.2 Å². The summed E-state index contributed by atoms with van der Waals surface area (Å²) in [6, 6.07) is 7.59. The molecule has 0 fully saturated rings. The normalized spacial score (nSPS) is 14.0. The second kappa shape index (κ2) is 7.14. The van der Waals surface area contributed by atoms with Crippen LogP contribution in [0, 0.1) is 0 Å². The van der Waals surface area contributed by atoms with Crippen LogP contribution in [0.15, 0.2) is 24.3 Å². The molecular weight excluding hydrogens is 242 g/mol. The van der Waals surface area contributed by atoms with Crippen molar-refractivity contribution in [3.63, 3.8) is 0 Å². The van der Waals surface area contributed by atoms with Crippen LogP contribution < -0.4 is 10.1 Å². The van der Waals surface area contributed by atoms with Crippen molar-refractivity contribution >= 4 is 5.97 Å². The molecule has 0 saturated heterocycles. The Hall–Kier alpha value is -1.55. The lowest BCUT2D eigenvalue weighted by Crippen LogP contribution is -2.36. The van der Waals surface area contributed by atoms with Gasteiger partial charge in [-0.25, -0.2) is 0 Å². The highest BCUT2D eigenvalue weighted by atomic mass is 16.5. The number of hydrogen-bond acceptors (Lipinski definition) is 4. The summed E-state index contributed by atoms with van der Waals surface area (Å²) in [6.07, 6.45) is 0.146. The highest BCUT2D eigenvalue weighted by Crippen LogP contribution is 2.20. The minimum absolute atomic E-state index is 0.0461. The van der Waals surface area contributed by atoms with E-state index in [0.29, 0.717) is 0 Å². The largest absolute Gasteiger partial charge is 0.491 e. The van der Waals surface area contributed by atoms with E-state index in [9.17, 15) is 4.79 Å². The first-order valence-corrected chi connectivity index (χ1v) is 6.54. The van der Waals surface area contributed by atoms with Crippen LogP contribution in [-0.4, -0.2) is 25.2 Å². The fourth-order valence-corrected chi connectivity index (χ4v) is 1.85. The Labute approximate surface area is 115 Å². The summed E-state index contributed by atoms with van der Waals surface area (Å²) in [4.78, 5) is 11.4. The summed E-state index contributed by atoms with van der Waals surface area (Å²) in [7, 11) is 1.39. The Kier molecular flexibility index (Phi) is 5.83. The molecule has 106 valence electrons. The van der Waals surface area contributed by atoms with Gasteiger partial charge in [-0.05, 0) is 45.4 Å². The number of benzene rings is 1. The van der Waals surface area contributed by atoms with Crippen LogP contribution in [-0.2, 0) is 9.53 Å². The Balaban J connectivity index is 2.71. The number of hydrogen-bond donors (Lipinski definition) is 1. The highest BCUT2D eigenvalue weighted by molar-refractivity contribution is 5.75. The van der Waals surface area contributed by atoms with Crippen molar-refractivity contribution in [1.29, 1.82) is 0 Å². The molecule has 0 aliphatic heterocycles. The lowest BCUT2D eigenvalue weighted by atomic mass is 10.1. The van der Waals surface area contributed by atoms with Gasteiger partial charge in [-0.2, -0.15) is 0 Å². The average molecular weight is 265 g/mol. The summed E-state index contributed by atoms with van der Waals surface area (Å²) >= 11 is 0. The third kappa shape index (κ3) is 4.91. The van der Waals surface area contributed by atoms with Crippen molar-refractivity contribution in [2.45, 2.75) is 45.9 Å². The average Bonchev–Trinajstić information content (AvgIpc) is 2.37. The quantitative estimate of drug-likeness (QED) is 0.803. The molecule has 4 heteroatoms. The van der Waals surface area contributed by atoms with Gasteiger partial charge in [0, 0.05) is 6.04 Å². The van der Waals surface area contributed by atoms with E-state index >= 15 is 0 Å². The molecule has 1 N–H and O–H groups in total. The molecule has 0 bridgehead atoms. The van der Waals surface area contributed by atoms with E-state index < -0.39 is 0 Å². The maximum atomic E-state index is 11.4. The third-order valence-corrected chi connectivity index (χ3v) is 2.78. The summed E-state index contributed by atoms with van der Waals surface area (Å²) in [5.41, 5.74) is 1.08. The van der Waals surface area contributed by atoms with Gasteiger partial charge in [-0.3, -0.25) is 10.1 Å². The van der Waals surface area contributed by atoms with Crippen LogP contribution in [0.1, 0.15) is 39.3 Å². The van der Waals surface area contributed by atoms with Crippen LogP contribution in [0.5, 0.6) is 5.75 Å². The first kappa shape index (κ1) is 15.5. The number of carbonyl (C=O) groups is 1. The van der Waals surface area contributed by atoms with E-state index in [0.717, 1.165) is 11.3 Å². The minimum Gasteiger partial charge on any atom is -0.491 e. The molecule has 0 aliphatic rings. The lowest BCUT2D eigenvalue weighted by molar-refractivity contribution is -0.142. The van der Waals surface area contributed by atoms with E-state index in [1.165, 1.54) is 7.11 Å². The highest BCUT2D eigenvalue weighted by Gasteiger charge is 2.16. The second-order valence-corrected chi connectivity index (χ2v) is 4.87. The number of ether oxygens (including phenoxy) is 2. The first-order valence-electron chi connectivity index (χ1n) is 6.54. The number of nitrogens with one attached hydrogen (secondary N) is 1. The molecule has 0 radical (unpaired) electrons. The summed E-state index contributed by atoms with van der Waals surface area (Å²) < 4.78 is 10.4. The molecule has 2 unspecified atom stereocenters. The molecule has 1 rings (SSSR count). The van der Waals surface area contributed by atoms with Crippen molar-refractivity contribution < 1.29 is 14.3 Å². The molecule has 2 atom stereocenters. The summed E-state index contributed by atoms with van der Waals surface area (Å²) in [5, 5.41) is 3.20. The molecule has 1 aromatic rings. The third-order valence-electron chi connectivity index (χ3n) is 2.78. The van der Waals surface area contributed by atoms with Crippen LogP contribution >= 0.6 is 0 Å². The van der Waals surface area contributed by atoms with Crippen molar-refractivity contribution in [3.05, 3.63) is 29.8 Å². The molecule has 0 saturated carbocycles. The van der Waals surface area contributed by atoms with Crippen molar-refractivity contribution in [2.24, 2.45) is 0 Å². The fraction of sp³-hybridized carbons (Fsp3) is 0.533. The zero-order chi connectivity index (χ0) is 14.4. The van der Waals surface area contributed by atoms with E-state index in [1.807, 2.05) is 45.0 Å². The zero-order valence-corrected chi connectivity index (χ0v) is 12.3. The Morgan fingerprint density at radius 2 is 1.89 bits per heavy atom. The molecule has 1 aromatic carbocycles. The van der Waals surface area contributed by atoms with Gasteiger partial charge in [0.1, 0.15) is 11.8 Å². The monoisotopic (exact) mass is 265 g/mol. The van der Waals surface area contributed by atoms with Gasteiger partial charge in [0.15, 0.2) is 0 Å². The van der Waals surface area contributed by atoms with Gasteiger partial charge in [0.05, 0.1) is 13.2 Å². The van der Waals surface area contributed by atoms with Crippen molar-refractivity contribution in [1.82, 2.24) is 5.32 Å². The molecule has 4 nitrogen and oxygen atoms in total. The maximum absolute atomic E-state index is 11.4. The lowest BCUT2D eigenvalue weighted by Gasteiger charge is -2.19. The van der Waals surface area contributed by atoms with Crippen LogP contribution in [0.2, 0.25) is 0 Å². The molecular formula is C15H23NO3. The van der Waals surface area contributed by atoms with Gasteiger partial charge in [-0.15, -0.1) is 0 Å². The molecule has 0 aliphatic carbocycles. The van der Waals surface area contributed by atoms with Crippen molar-refractivity contribution in [2.75, 3.05) is 7.11 Å². The number of esters is 1. The smallest absolute Gasteiger partial charge is 0.322 e. The van der Waals surface area contributed by atoms with E-state index in [1.54, 1.807) is 6.92 Å². The topological polar surface area (TPSA) is 47.6 Å². The molecule has 0 amide bonds. The van der Waals surface area contributed by atoms with Gasteiger partial charge < -0.3 is 9.47 Å². The van der Waals surface area contributed by atoms with E-state index in [2.05, 4.69) is 5.32 Å². The van der Waals surface area contributed by atoms with Gasteiger partial charge in [0.2, 0.25) is 0 Å². The number of methoxy groups -OCH3 is 1. The van der Waals surface area contributed by atoms with Gasteiger partial charge in [0.25, 0.3) is 0 Å². The Bertz CT molecular complexity index is 418. The van der Waals surface area contributed by atoms with Crippen LogP contribution in [0.4, 0.5) is 0 Å².